The highest BCUT2D eigenvalue weighted by molar-refractivity contribution is 5.93. The first-order valence-corrected chi connectivity index (χ1v) is 10.4. The van der Waals surface area contributed by atoms with E-state index in [0.717, 1.165) is 44.7 Å². The SMILES string of the molecule is COC1CN(c2ccc3nc(Nc4cc(NC(=O)C5CC5)ncc4C(C)(F)F)nn3c2)C1. The van der Waals surface area contributed by atoms with Gasteiger partial charge in [0.15, 0.2) is 5.65 Å². The molecule has 9 nitrogen and oxygen atoms in total. The first-order valence-electron chi connectivity index (χ1n) is 10.4. The van der Waals surface area contributed by atoms with E-state index < -0.39 is 5.92 Å². The Balaban J connectivity index is 1.40. The maximum absolute atomic E-state index is 14.2. The van der Waals surface area contributed by atoms with E-state index in [9.17, 15) is 13.6 Å². The van der Waals surface area contributed by atoms with Crippen LogP contribution in [0, 0.1) is 5.92 Å². The summed E-state index contributed by atoms with van der Waals surface area (Å²) in [7, 11) is 1.69. The highest BCUT2D eigenvalue weighted by atomic mass is 19.3. The lowest BCUT2D eigenvalue weighted by atomic mass is 10.1. The van der Waals surface area contributed by atoms with Gasteiger partial charge < -0.3 is 20.3 Å². The lowest BCUT2D eigenvalue weighted by Crippen LogP contribution is -2.51. The van der Waals surface area contributed by atoms with E-state index in [4.69, 9.17) is 4.74 Å². The standard InChI is InChI=1S/C21H23F2N7O2/c1-21(22,23)15-8-24-17(26-19(31)12-3-4-12)7-16(15)25-20-27-18-6-5-13(9-30(18)28-20)29-10-14(11-29)32-2/h5-9,12,14H,3-4,10-11H2,1-2H3,(H2,24,25,26,28,31). The van der Waals surface area contributed by atoms with Gasteiger partial charge >= 0.3 is 0 Å². The molecule has 5 rings (SSSR count). The topological polar surface area (TPSA) is 96.7 Å². The predicted molar refractivity (Wildman–Crippen MR) is 114 cm³/mol. The van der Waals surface area contributed by atoms with Gasteiger partial charge in [0.25, 0.3) is 5.92 Å². The highest BCUT2D eigenvalue weighted by Crippen LogP contribution is 2.36. The number of alkyl halides is 2. The molecule has 11 heteroatoms. The quantitative estimate of drug-likeness (QED) is 0.579. The van der Waals surface area contributed by atoms with Gasteiger partial charge in [-0.3, -0.25) is 4.79 Å². The van der Waals surface area contributed by atoms with Gasteiger partial charge in [-0.2, -0.15) is 4.98 Å². The van der Waals surface area contributed by atoms with Gasteiger partial charge in [0.05, 0.1) is 29.2 Å². The molecule has 1 saturated heterocycles. The molecule has 0 bridgehead atoms. The summed E-state index contributed by atoms with van der Waals surface area (Å²) in [5.41, 5.74) is 1.31. The maximum atomic E-state index is 14.2. The lowest BCUT2D eigenvalue weighted by molar-refractivity contribution is -0.117. The zero-order chi connectivity index (χ0) is 22.5. The van der Waals surface area contributed by atoms with Crippen LogP contribution in [0.4, 0.5) is 31.9 Å². The van der Waals surface area contributed by atoms with Crippen LogP contribution in [0.5, 0.6) is 0 Å². The third-order valence-electron chi connectivity index (χ3n) is 5.68. The number of hydrogen-bond donors (Lipinski definition) is 2. The lowest BCUT2D eigenvalue weighted by Gasteiger charge is -2.39. The third-order valence-corrected chi connectivity index (χ3v) is 5.68. The summed E-state index contributed by atoms with van der Waals surface area (Å²) in [5.74, 6) is -2.96. The number of ether oxygens (including phenoxy) is 1. The van der Waals surface area contributed by atoms with Crippen molar-refractivity contribution < 1.29 is 18.3 Å². The maximum Gasteiger partial charge on any atom is 0.274 e. The van der Waals surface area contributed by atoms with Crippen molar-refractivity contribution in [3.63, 3.8) is 0 Å². The Morgan fingerprint density at radius 2 is 2.06 bits per heavy atom. The van der Waals surface area contributed by atoms with Crippen molar-refractivity contribution in [1.29, 1.82) is 0 Å². The number of aromatic nitrogens is 4. The van der Waals surface area contributed by atoms with Gasteiger partial charge in [-0.15, -0.1) is 5.10 Å². The molecule has 3 aromatic heterocycles. The van der Waals surface area contributed by atoms with Crippen LogP contribution in [-0.2, 0) is 15.5 Å². The average molecular weight is 443 g/mol. The molecule has 0 spiro atoms. The Labute approximate surface area is 182 Å². The molecule has 2 aliphatic rings. The summed E-state index contributed by atoms with van der Waals surface area (Å²) in [5, 5.41) is 9.94. The van der Waals surface area contributed by atoms with E-state index in [2.05, 4.69) is 30.6 Å². The third kappa shape index (κ3) is 4.07. The van der Waals surface area contributed by atoms with Crippen molar-refractivity contribution in [2.75, 3.05) is 35.7 Å². The fourth-order valence-electron chi connectivity index (χ4n) is 3.58. The number of anilines is 4. The summed E-state index contributed by atoms with van der Waals surface area (Å²) in [6, 6.07) is 5.13. The van der Waals surface area contributed by atoms with Gasteiger partial charge in [0.1, 0.15) is 5.82 Å². The minimum Gasteiger partial charge on any atom is -0.378 e. The minimum absolute atomic E-state index is 0.0274. The Morgan fingerprint density at radius 3 is 2.75 bits per heavy atom. The molecule has 32 heavy (non-hydrogen) atoms. The van der Waals surface area contributed by atoms with Crippen molar-refractivity contribution in [2.45, 2.75) is 31.8 Å². The van der Waals surface area contributed by atoms with Crippen molar-refractivity contribution in [2.24, 2.45) is 5.92 Å². The van der Waals surface area contributed by atoms with E-state index in [1.165, 1.54) is 6.07 Å². The summed E-state index contributed by atoms with van der Waals surface area (Å²) in [4.78, 5) is 22.6. The second kappa shape index (κ2) is 7.66. The van der Waals surface area contributed by atoms with Crippen molar-refractivity contribution in [1.82, 2.24) is 19.6 Å². The number of fused-ring (bicyclic) bond motifs is 1. The fourth-order valence-corrected chi connectivity index (χ4v) is 3.58. The van der Waals surface area contributed by atoms with Crippen molar-refractivity contribution >= 4 is 34.7 Å². The number of carbonyl (C=O) groups is 1. The Kier molecular flexibility index (Phi) is 4.92. The largest absolute Gasteiger partial charge is 0.378 e. The molecule has 1 aliphatic heterocycles. The first kappa shape index (κ1) is 20.6. The zero-order valence-corrected chi connectivity index (χ0v) is 17.7. The van der Waals surface area contributed by atoms with Crippen LogP contribution < -0.4 is 15.5 Å². The van der Waals surface area contributed by atoms with Crippen LogP contribution >= 0.6 is 0 Å². The molecule has 2 fully saturated rings. The van der Waals surface area contributed by atoms with Crippen LogP contribution in [0.1, 0.15) is 25.3 Å². The fraction of sp³-hybridized carbons (Fsp3) is 0.429. The van der Waals surface area contributed by atoms with E-state index in [0.29, 0.717) is 5.65 Å². The van der Waals surface area contributed by atoms with Gasteiger partial charge in [-0.05, 0) is 25.0 Å². The number of halogens is 2. The molecule has 0 atom stereocenters. The van der Waals surface area contributed by atoms with E-state index >= 15 is 0 Å². The molecule has 0 aromatic carbocycles. The minimum atomic E-state index is -3.14. The molecule has 1 saturated carbocycles. The summed E-state index contributed by atoms with van der Waals surface area (Å²) < 4.78 is 35.2. The molecule has 0 unspecified atom stereocenters. The number of carbonyl (C=O) groups excluding carboxylic acids is 1. The number of hydrogen-bond acceptors (Lipinski definition) is 7. The smallest absolute Gasteiger partial charge is 0.274 e. The predicted octanol–water partition coefficient (Wildman–Crippen LogP) is 3.16. The van der Waals surface area contributed by atoms with Crippen molar-refractivity contribution in [3.05, 3.63) is 36.2 Å². The Bertz CT molecular complexity index is 1170. The monoisotopic (exact) mass is 443 g/mol. The summed E-state index contributed by atoms with van der Waals surface area (Å²) in [6.45, 7) is 2.38. The van der Waals surface area contributed by atoms with Gasteiger partial charge in [-0.25, -0.2) is 18.3 Å². The molecule has 2 N–H and O–H groups in total. The second-order valence-electron chi connectivity index (χ2n) is 8.28. The molecular weight excluding hydrogens is 420 g/mol. The number of rotatable bonds is 7. The average Bonchev–Trinajstić information content (AvgIpc) is 3.47. The van der Waals surface area contributed by atoms with Gasteiger partial charge in [-0.1, -0.05) is 0 Å². The molecule has 0 radical (unpaired) electrons. The van der Waals surface area contributed by atoms with E-state index in [1.54, 1.807) is 11.6 Å². The van der Waals surface area contributed by atoms with Crippen LogP contribution in [0.15, 0.2) is 30.6 Å². The van der Waals surface area contributed by atoms with Crippen LogP contribution in [-0.4, -0.2) is 51.8 Å². The summed E-state index contributed by atoms with van der Waals surface area (Å²) >= 11 is 0. The Morgan fingerprint density at radius 1 is 1.28 bits per heavy atom. The zero-order valence-electron chi connectivity index (χ0n) is 17.7. The number of pyridine rings is 2. The van der Waals surface area contributed by atoms with Crippen LogP contribution in [0.2, 0.25) is 0 Å². The van der Waals surface area contributed by atoms with E-state index in [1.807, 2.05) is 18.3 Å². The number of nitrogens with zero attached hydrogens (tertiary/aromatic N) is 5. The summed E-state index contributed by atoms with van der Waals surface area (Å²) in [6.07, 6.45) is 4.78. The van der Waals surface area contributed by atoms with Gasteiger partial charge in [0, 0.05) is 45.3 Å². The molecule has 3 aromatic rings. The molecule has 168 valence electrons. The normalized spacial score (nSPS) is 16.8. The molecule has 4 heterocycles. The molecule has 1 aliphatic carbocycles. The van der Waals surface area contributed by atoms with E-state index in [-0.39, 0.29) is 40.9 Å². The number of nitrogens with one attached hydrogen (secondary N) is 2. The Hall–Kier alpha value is -3.34. The van der Waals surface area contributed by atoms with Crippen LogP contribution in [0.3, 0.4) is 0 Å². The van der Waals surface area contributed by atoms with Crippen molar-refractivity contribution in [3.8, 4) is 0 Å². The molecule has 1 amide bonds. The van der Waals surface area contributed by atoms with Gasteiger partial charge in [0.2, 0.25) is 11.9 Å². The van der Waals surface area contributed by atoms with Crippen LogP contribution in [0.25, 0.3) is 5.65 Å². The first-order chi connectivity index (χ1) is 15.3. The number of methoxy groups -OCH3 is 1. The molecular formula is C21H23F2N7O2. The number of amides is 1. The second-order valence-corrected chi connectivity index (χ2v) is 8.28. The highest BCUT2D eigenvalue weighted by Gasteiger charge is 2.32.